The molecule has 0 saturated carbocycles. The maximum absolute atomic E-state index is 13.8. The molecule has 43 heavy (non-hydrogen) atoms. The molecule has 3 amide bonds. The van der Waals surface area contributed by atoms with E-state index >= 15 is 0 Å². The van der Waals surface area contributed by atoms with Crippen molar-refractivity contribution in [2.24, 2.45) is 17.8 Å². The zero-order chi connectivity index (χ0) is 32.3. The van der Waals surface area contributed by atoms with E-state index in [1.807, 2.05) is 44.2 Å². The Morgan fingerprint density at radius 3 is 2.23 bits per heavy atom. The van der Waals surface area contributed by atoms with Crippen LogP contribution in [0.5, 0.6) is 0 Å². The fourth-order valence-electron chi connectivity index (χ4n) is 6.17. The molecule has 0 bridgehead atoms. The smallest absolute Gasteiger partial charge is 0.326 e. The average Bonchev–Trinajstić information content (AvgIpc) is 3.46. The lowest BCUT2D eigenvalue weighted by Gasteiger charge is -2.39. The van der Waals surface area contributed by atoms with Gasteiger partial charge in [-0.25, -0.2) is 4.79 Å². The van der Waals surface area contributed by atoms with Crippen LogP contribution in [-0.2, 0) is 35.1 Å². The molecule has 2 N–H and O–H groups in total. The third-order valence-corrected chi connectivity index (χ3v) is 8.78. The van der Waals surface area contributed by atoms with Gasteiger partial charge in [-0.1, -0.05) is 71.4 Å². The highest BCUT2D eigenvalue weighted by Gasteiger charge is 2.42. The fraction of sp³-hybridized carbons (Fsp3) is 0.697. The number of nitrogens with zero attached hydrogens (tertiary/aromatic N) is 2. The summed E-state index contributed by atoms with van der Waals surface area (Å²) in [6, 6.07) is 7.43. The number of carbonyl (C=O) groups is 4. The Morgan fingerprint density at radius 1 is 1.05 bits per heavy atom. The lowest BCUT2D eigenvalue weighted by Crippen LogP contribution is -2.54. The van der Waals surface area contributed by atoms with Crippen molar-refractivity contribution < 1.29 is 33.8 Å². The van der Waals surface area contributed by atoms with E-state index in [0.717, 1.165) is 18.4 Å². The number of carboxylic acid groups (broad SMARTS) is 1. The number of likely N-dealkylation sites (tertiary alicyclic amines) is 1. The topological polar surface area (TPSA) is 125 Å². The number of ether oxygens (including phenoxy) is 2. The minimum atomic E-state index is -1.12. The number of hydrogen-bond acceptors (Lipinski definition) is 6. The Bertz CT molecular complexity index is 1050. The van der Waals surface area contributed by atoms with Gasteiger partial charge in [0, 0.05) is 40.7 Å². The molecule has 1 fully saturated rings. The van der Waals surface area contributed by atoms with Crippen molar-refractivity contribution in [3.8, 4) is 0 Å². The highest BCUT2D eigenvalue weighted by atomic mass is 16.5. The van der Waals surface area contributed by atoms with Gasteiger partial charge in [0.2, 0.25) is 17.7 Å². The fourth-order valence-corrected chi connectivity index (χ4v) is 6.17. The number of methoxy groups -OCH3 is 2. The zero-order valence-corrected chi connectivity index (χ0v) is 27.2. The van der Waals surface area contributed by atoms with Gasteiger partial charge < -0.3 is 29.7 Å². The maximum atomic E-state index is 13.8. The molecule has 1 heterocycles. The molecular weight excluding hydrogens is 550 g/mol. The van der Waals surface area contributed by atoms with Crippen molar-refractivity contribution in [3.05, 3.63) is 35.9 Å². The van der Waals surface area contributed by atoms with Crippen molar-refractivity contribution in [1.29, 1.82) is 0 Å². The number of hydrogen-bond donors (Lipinski definition) is 2. The molecule has 1 aromatic carbocycles. The lowest BCUT2D eigenvalue weighted by molar-refractivity contribution is -0.147. The molecule has 0 aromatic heterocycles. The quantitative estimate of drug-likeness (QED) is 0.278. The first-order valence-electron chi connectivity index (χ1n) is 15.5. The van der Waals surface area contributed by atoms with E-state index < -0.39 is 36.0 Å². The summed E-state index contributed by atoms with van der Waals surface area (Å²) >= 11 is 0. The molecular formula is C33H53N3O7. The second kappa shape index (κ2) is 17.3. The third-order valence-electron chi connectivity index (χ3n) is 8.78. The number of carboxylic acids is 1. The largest absolute Gasteiger partial charge is 0.480 e. The summed E-state index contributed by atoms with van der Waals surface area (Å²) in [7, 11) is 4.88. The van der Waals surface area contributed by atoms with Gasteiger partial charge in [-0.3, -0.25) is 14.4 Å². The summed E-state index contributed by atoms with van der Waals surface area (Å²) < 4.78 is 11.7. The van der Waals surface area contributed by atoms with Crippen molar-refractivity contribution in [1.82, 2.24) is 15.1 Å². The Kier molecular flexibility index (Phi) is 14.6. The van der Waals surface area contributed by atoms with Crippen LogP contribution in [0, 0.1) is 17.8 Å². The Hall–Kier alpha value is -2.98. The summed E-state index contributed by atoms with van der Waals surface area (Å²) in [5.74, 6) is -2.02. The number of likely N-dealkylation sites (N-methyl/N-ethyl adjacent to an activating group) is 1. The number of carbonyl (C=O) groups excluding carboxylic acids is 3. The molecule has 242 valence electrons. The Labute approximate surface area is 257 Å². The average molecular weight is 604 g/mol. The second-order valence-corrected chi connectivity index (χ2v) is 12.3. The van der Waals surface area contributed by atoms with Crippen LogP contribution in [0.15, 0.2) is 30.3 Å². The predicted octanol–water partition coefficient (Wildman–Crippen LogP) is 3.76. The van der Waals surface area contributed by atoms with Gasteiger partial charge in [0.15, 0.2) is 0 Å². The van der Waals surface area contributed by atoms with Gasteiger partial charge in [0.25, 0.3) is 0 Å². The molecule has 0 spiro atoms. The first-order chi connectivity index (χ1) is 20.4. The van der Waals surface area contributed by atoms with Crippen molar-refractivity contribution in [3.63, 3.8) is 0 Å². The predicted molar refractivity (Wildman–Crippen MR) is 165 cm³/mol. The third kappa shape index (κ3) is 10.0. The molecule has 4 unspecified atom stereocenters. The first kappa shape index (κ1) is 36.2. The van der Waals surface area contributed by atoms with E-state index in [2.05, 4.69) is 19.2 Å². The number of benzene rings is 1. The molecule has 1 aliphatic heterocycles. The summed E-state index contributed by atoms with van der Waals surface area (Å²) in [6.07, 6.45) is 1.79. The van der Waals surface area contributed by atoms with Crippen LogP contribution in [-0.4, -0.2) is 96.7 Å². The molecule has 1 aliphatic rings. The van der Waals surface area contributed by atoms with Gasteiger partial charge >= 0.3 is 5.97 Å². The van der Waals surface area contributed by atoms with Crippen LogP contribution >= 0.6 is 0 Å². The minimum Gasteiger partial charge on any atom is -0.480 e. The van der Waals surface area contributed by atoms with Gasteiger partial charge in [0.05, 0.1) is 36.6 Å². The number of rotatable bonds is 17. The summed E-state index contributed by atoms with van der Waals surface area (Å²) in [4.78, 5) is 55.6. The highest BCUT2D eigenvalue weighted by molar-refractivity contribution is 5.85. The van der Waals surface area contributed by atoms with Crippen molar-refractivity contribution in [2.75, 3.05) is 27.8 Å². The van der Waals surface area contributed by atoms with Crippen LogP contribution in [0.3, 0.4) is 0 Å². The molecule has 1 aromatic rings. The molecule has 10 nitrogen and oxygen atoms in total. The Morgan fingerprint density at radius 2 is 1.70 bits per heavy atom. The van der Waals surface area contributed by atoms with Gasteiger partial charge in [0.1, 0.15) is 6.04 Å². The van der Waals surface area contributed by atoms with Crippen LogP contribution in [0.2, 0.25) is 0 Å². The van der Waals surface area contributed by atoms with Crippen LogP contribution in [0.4, 0.5) is 0 Å². The molecule has 2 rings (SSSR count). The monoisotopic (exact) mass is 603 g/mol. The summed E-state index contributed by atoms with van der Waals surface area (Å²) in [5, 5.41) is 12.5. The molecule has 10 heteroatoms. The van der Waals surface area contributed by atoms with Gasteiger partial charge in [-0.15, -0.1) is 0 Å². The molecule has 7 atom stereocenters. The van der Waals surface area contributed by atoms with E-state index in [1.165, 1.54) is 7.11 Å². The van der Waals surface area contributed by atoms with Crippen LogP contribution in [0.25, 0.3) is 0 Å². The van der Waals surface area contributed by atoms with Gasteiger partial charge in [-0.2, -0.15) is 0 Å². The molecule has 0 radical (unpaired) electrons. The van der Waals surface area contributed by atoms with Crippen molar-refractivity contribution in [2.45, 2.75) is 103 Å². The number of amides is 3. The van der Waals surface area contributed by atoms with E-state index in [0.29, 0.717) is 19.4 Å². The van der Waals surface area contributed by atoms with Crippen LogP contribution in [0.1, 0.15) is 72.3 Å². The normalized spacial score (nSPS) is 19.3. The number of nitrogens with one attached hydrogen (secondary N) is 1. The SMILES string of the molecule is CC[C@H](C)C(C(CC(=O)N1CCC[C@H]1C(OC)C(C)C(=O)N[C@@H](Cc1ccccc1)C(=O)O)OC)N(C)C(=O)CC(C)C. The summed E-state index contributed by atoms with van der Waals surface area (Å²) in [6.45, 7) is 10.4. The van der Waals surface area contributed by atoms with E-state index in [-0.39, 0.29) is 48.6 Å². The first-order valence-corrected chi connectivity index (χ1v) is 15.5. The lowest BCUT2D eigenvalue weighted by atomic mass is 9.90. The van der Waals surface area contributed by atoms with E-state index in [4.69, 9.17) is 9.47 Å². The standard InChI is InChI=1S/C33H53N3O7/c1-9-22(4)30(35(6)28(37)18-21(2)3)27(42-7)20-29(38)36-17-13-16-26(36)31(43-8)23(5)32(39)34-25(33(40)41)19-24-14-11-10-12-15-24/h10-12,14-15,21-23,25-27,30-31H,9,13,16-20H2,1-8H3,(H,34,39)(H,40,41)/t22-,23?,25-,26-,27?,30?,31?/m0/s1. The van der Waals surface area contributed by atoms with E-state index in [1.54, 1.807) is 30.9 Å². The zero-order valence-electron chi connectivity index (χ0n) is 27.2. The maximum Gasteiger partial charge on any atom is 0.326 e. The van der Waals surface area contributed by atoms with Crippen LogP contribution < -0.4 is 5.32 Å². The Balaban J connectivity index is 2.18. The summed E-state index contributed by atoms with van der Waals surface area (Å²) in [5.41, 5.74) is 0.804. The highest BCUT2D eigenvalue weighted by Crippen LogP contribution is 2.29. The molecule has 1 saturated heterocycles. The van der Waals surface area contributed by atoms with Crippen molar-refractivity contribution >= 4 is 23.7 Å². The molecule has 0 aliphatic carbocycles. The van der Waals surface area contributed by atoms with E-state index in [9.17, 15) is 24.3 Å². The number of aliphatic carboxylic acids is 1. The second-order valence-electron chi connectivity index (χ2n) is 12.3. The van der Waals surface area contributed by atoms with Gasteiger partial charge in [-0.05, 0) is 30.2 Å². The minimum absolute atomic E-state index is 0.0278.